The summed E-state index contributed by atoms with van der Waals surface area (Å²) < 4.78 is 25.8. The van der Waals surface area contributed by atoms with E-state index in [0.29, 0.717) is 17.2 Å². The van der Waals surface area contributed by atoms with Gasteiger partial charge in [0.1, 0.15) is 5.82 Å². The van der Waals surface area contributed by atoms with Crippen molar-refractivity contribution in [1.29, 1.82) is 0 Å². The van der Waals surface area contributed by atoms with Crippen LogP contribution in [-0.4, -0.2) is 43.6 Å². The summed E-state index contributed by atoms with van der Waals surface area (Å²) in [5.41, 5.74) is 11.4. The van der Waals surface area contributed by atoms with Gasteiger partial charge in [0.15, 0.2) is 0 Å². The summed E-state index contributed by atoms with van der Waals surface area (Å²) in [6, 6.07) is 4.39. The lowest BCUT2D eigenvalue weighted by Crippen LogP contribution is -2.22. The molecule has 3 rings (SSSR count). The number of primary amides is 1. The Bertz CT molecular complexity index is 1020. The number of sulfonamides is 1. The van der Waals surface area contributed by atoms with Crippen LogP contribution in [0.1, 0.15) is 6.42 Å². The number of nitrogens with zero attached hydrogens (tertiary/aromatic N) is 2. The predicted octanol–water partition coefficient (Wildman–Crippen LogP) is 0.127. The highest BCUT2D eigenvalue weighted by atomic mass is 32.2. The minimum atomic E-state index is -3.65. The number of amides is 2. The molecule has 138 valence electrons. The van der Waals surface area contributed by atoms with Gasteiger partial charge in [0.2, 0.25) is 21.8 Å². The number of aromatic nitrogens is 1. The fourth-order valence-corrected chi connectivity index (χ4v) is 3.68. The number of nitrogens with two attached hydrogens (primary N) is 2. The maximum Gasteiger partial charge on any atom is 0.242 e. The third kappa shape index (κ3) is 3.20. The molecule has 9 nitrogen and oxygen atoms in total. The van der Waals surface area contributed by atoms with Gasteiger partial charge in [-0.2, -0.15) is 0 Å². The Hall–Kier alpha value is -2.72. The molecule has 0 aliphatic heterocycles. The van der Waals surface area contributed by atoms with Gasteiger partial charge in [-0.05, 0) is 30.0 Å². The van der Waals surface area contributed by atoms with Crippen LogP contribution in [0.25, 0.3) is 10.8 Å². The van der Waals surface area contributed by atoms with Gasteiger partial charge in [-0.25, -0.2) is 17.7 Å². The predicted molar refractivity (Wildman–Crippen MR) is 96.4 cm³/mol. The number of carbonyl (C=O) groups is 2. The number of anilines is 2. The van der Waals surface area contributed by atoms with Crippen LogP contribution in [0.15, 0.2) is 29.3 Å². The van der Waals surface area contributed by atoms with E-state index in [1.165, 1.54) is 32.4 Å². The Morgan fingerprint density at radius 1 is 1.23 bits per heavy atom. The number of benzene rings is 1. The van der Waals surface area contributed by atoms with Crippen molar-refractivity contribution in [2.75, 3.05) is 25.1 Å². The van der Waals surface area contributed by atoms with Crippen LogP contribution in [0.4, 0.5) is 11.5 Å². The maximum atomic E-state index is 12.3. The van der Waals surface area contributed by atoms with Crippen LogP contribution in [0.3, 0.4) is 0 Å². The summed E-state index contributed by atoms with van der Waals surface area (Å²) in [5, 5.41) is 3.72. The van der Waals surface area contributed by atoms with Crippen molar-refractivity contribution < 1.29 is 18.0 Å². The van der Waals surface area contributed by atoms with Crippen molar-refractivity contribution in [2.45, 2.75) is 11.3 Å². The SMILES string of the molecule is CN(C)S(=O)(=O)c1cc(N)c2cnc(NC(=O)C3CC3C(N)=O)cc2c1. The summed E-state index contributed by atoms with van der Waals surface area (Å²) in [6.07, 6.45) is 1.89. The molecule has 1 aromatic carbocycles. The zero-order chi connectivity index (χ0) is 19.2. The van der Waals surface area contributed by atoms with E-state index in [1.54, 1.807) is 6.07 Å². The highest BCUT2D eigenvalue weighted by Crippen LogP contribution is 2.39. The summed E-state index contributed by atoms with van der Waals surface area (Å²) in [5.74, 6) is -1.48. The lowest BCUT2D eigenvalue weighted by molar-refractivity contribution is -0.123. The van der Waals surface area contributed by atoms with E-state index in [0.717, 1.165) is 4.31 Å². The van der Waals surface area contributed by atoms with Crippen LogP contribution >= 0.6 is 0 Å². The van der Waals surface area contributed by atoms with E-state index < -0.39 is 27.8 Å². The molecule has 0 saturated heterocycles. The number of nitrogen functional groups attached to an aromatic ring is 1. The average molecular weight is 377 g/mol. The molecule has 1 aliphatic rings. The van der Waals surface area contributed by atoms with Crippen LogP contribution in [0, 0.1) is 11.8 Å². The molecule has 1 heterocycles. The second-order valence-electron chi connectivity index (χ2n) is 6.43. The molecular formula is C16H19N5O4S. The molecule has 10 heteroatoms. The first-order valence-electron chi connectivity index (χ1n) is 7.83. The first-order valence-corrected chi connectivity index (χ1v) is 9.27. The monoisotopic (exact) mass is 377 g/mol. The Labute approximate surface area is 150 Å². The van der Waals surface area contributed by atoms with E-state index >= 15 is 0 Å². The lowest BCUT2D eigenvalue weighted by atomic mass is 10.1. The fraction of sp³-hybridized carbons (Fsp3) is 0.312. The van der Waals surface area contributed by atoms with Crippen molar-refractivity contribution in [2.24, 2.45) is 17.6 Å². The molecule has 0 radical (unpaired) electrons. The minimum absolute atomic E-state index is 0.0481. The molecule has 1 fully saturated rings. The normalized spacial score (nSPS) is 19.5. The first-order chi connectivity index (χ1) is 12.1. The number of hydrogen-bond donors (Lipinski definition) is 3. The largest absolute Gasteiger partial charge is 0.398 e. The second kappa shape index (κ2) is 6.22. The van der Waals surface area contributed by atoms with Gasteiger partial charge in [0.25, 0.3) is 0 Å². The highest BCUT2D eigenvalue weighted by molar-refractivity contribution is 7.89. The van der Waals surface area contributed by atoms with Gasteiger partial charge < -0.3 is 16.8 Å². The summed E-state index contributed by atoms with van der Waals surface area (Å²) >= 11 is 0. The fourth-order valence-electron chi connectivity index (χ4n) is 2.70. The number of pyridine rings is 1. The third-order valence-electron chi connectivity index (χ3n) is 4.36. The van der Waals surface area contributed by atoms with Crippen molar-refractivity contribution >= 4 is 44.1 Å². The summed E-state index contributed by atoms with van der Waals surface area (Å²) in [4.78, 5) is 27.4. The molecule has 0 bridgehead atoms. The number of rotatable bonds is 5. The molecule has 0 spiro atoms. The topological polar surface area (TPSA) is 148 Å². The molecule has 2 atom stereocenters. The van der Waals surface area contributed by atoms with Gasteiger partial charge in [-0.15, -0.1) is 0 Å². The molecule has 1 aromatic heterocycles. The van der Waals surface area contributed by atoms with Crippen LogP contribution in [-0.2, 0) is 19.6 Å². The Morgan fingerprint density at radius 2 is 1.92 bits per heavy atom. The zero-order valence-corrected chi connectivity index (χ0v) is 15.1. The Morgan fingerprint density at radius 3 is 2.50 bits per heavy atom. The average Bonchev–Trinajstić information content (AvgIpc) is 3.35. The van der Waals surface area contributed by atoms with Gasteiger partial charge in [-0.3, -0.25) is 9.59 Å². The summed E-state index contributed by atoms with van der Waals surface area (Å²) in [7, 11) is -0.794. The van der Waals surface area contributed by atoms with Crippen LogP contribution in [0.2, 0.25) is 0 Å². The molecule has 1 saturated carbocycles. The number of carbonyl (C=O) groups excluding carboxylic acids is 2. The van der Waals surface area contributed by atoms with E-state index in [2.05, 4.69) is 10.3 Å². The molecule has 1 aliphatic carbocycles. The smallest absolute Gasteiger partial charge is 0.242 e. The van der Waals surface area contributed by atoms with E-state index in [9.17, 15) is 18.0 Å². The quantitative estimate of drug-likeness (QED) is 0.631. The van der Waals surface area contributed by atoms with Crippen molar-refractivity contribution in [3.8, 4) is 0 Å². The van der Waals surface area contributed by atoms with Gasteiger partial charge in [-0.1, -0.05) is 0 Å². The van der Waals surface area contributed by atoms with Crippen LogP contribution in [0.5, 0.6) is 0 Å². The lowest BCUT2D eigenvalue weighted by Gasteiger charge is -2.13. The number of hydrogen-bond acceptors (Lipinski definition) is 6. The van der Waals surface area contributed by atoms with Gasteiger partial charge >= 0.3 is 0 Å². The molecular weight excluding hydrogens is 358 g/mol. The molecule has 2 aromatic rings. The Balaban J connectivity index is 1.93. The van der Waals surface area contributed by atoms with Crippen LogP contribution < -0.4 is 16.8 Å². The second-order valence-corrected chi connectivity index (χ2v) is 8.58. The third-order valence-corrected chi connectivity index (χ3v) is 6.16. The first kappa shape index (κ1) is 18.1. The number of nitrogens with one attached hydrogen (secondary N) is 1. The highest BCUT2D eigenvalue weighted by Gasteiger charge is 2.47. The van der Waals surface area contributed by atoms with E-state index in [4.69, 9.17) is 11.5 Å². The minimum Gasteiger partial charge on any atom is -0.398 e. The molecule has 5 N–H and O–H groups in total. The van der Waals surface area contributed by atoms with E-state index in [1.807, 2.05) is 0 Å². The summed E-state index contributed by atoms with van der Waals surface area (Å²) in [6.45, 7) is 0. The number of fused-ring (bicyclic) bond motifs is 1. The van der Waals surface area contributed by atoms with Crippen molar-refractivity contribution in [1.82, 2.24) is 9.29 Å². The Kier molecular flexibility index (Phi) is 4.32. The van der Waals surface area contributed by atoms with Crippen molar-refractivity contribution in [3.05, 3.63) is 24.4 Å². The van der Waals surface area contributed by atoms with Crippen molar-refractivity contribution in [3.63, 3.8) is 0 Å². The zero-order valence-electron chi connectivity index (χ0n) is 14.3. The van der Waals surface area contributed by atoms with E-state index in [-0.39, 0.29) is 22.3 Å². The maximum absolute atomic E-state index is 12.3. The van der Waals surface area contributed by atoms with Gasteiger partial charge in [0.05, 0.1) is 16.7 Å². The van der Waals surface area contributed by atoms with Gasteiger partial charge in [0, 0.05) is 31.4 Å². The molecule has 26 heavy (non-hydrogen) atoms. The molecule has 2 amide bonds. The molecule has 2 unspecified atom stereocenters. The standard InChI is InChI=1S/C16H19N5O4S/c1-21(2)26(24,25)9-3-8-4-14(19-7-12(8)13(17)5-9)20-16(23)11-6-10(11)15(18)22/h3-5,7,10-11H,6,17H2,1-2H3,(H2,18,22)(H,19,20,23).